The van der Waals surface area contributed by atoms with Crippen LogP contribution in [0.1, 0.15) is 17.2 Å². The Morgan fingerprint density at radius 3 is 2.44 bits per heavy atom. The average Bonchev–Trinajstić information content (AvgIpc) is 2.69. The SMILES string of the molecule is Cc1nnc(-n2c(C)nc3ccccc32)nc1C. The summed E-state index contributed by atoms with van der Waals surface area (Å²) in [6.07, 6.45) is 0. The number of para-hydroxylation sites is 2. The molecule has 1 aromatic carbocycles. The van der Waals surface area contributed by atoms with Gasteiger partial charge in [0.1, 0.15) is 5.82 Å². The van der Waals surface area contributed by atoms with Gasteiger partial charge in [-0.05, 0) is 32.9 Å². The summed E-state index contributed by atoms with van der Waals surface area (Å²) < 4.78 is 1.93. The van der Waals surface area contributed by atoms with E-state index in [2.05, 4.69) is 20.2 Å². The molecule has 90 valence electrons. The van der Waals surface area contributed by atoms with Crippen molar-refractivity contribution < 1.29 is 0 Å². The maximum atomic E-state index is 4.50. The van der Waals surface area contributed by atoms with Gasteiger partial charge < -0.3 is 0 Å². The molecule has 0 N–H and O–H groups in total. The third-order valence-corrected chi connectivity index (χ3v) is 3.01. The molecule has 0 saturated heterocycles. The first-order valence-corrected chi connectivity index (χ1v) is 5.79. The van der Waals surface area contributed by atoms with Gasteiger partial charge in [0.15, 0.2) is 0 Å². The standard InChI is InChI=1S/C13H13N5/c1-8-9(2)16-17-13(14-8)18-10(3)15-11-6-4-5-7-12(11)18/h4-7H,1-3H3. The summed E-state index contributed by atoms with van der Waals surface area (Å²) in [4.78, 5) is 8.97. The first-order valence-electron chi connectivity index (χ1n) is 5.79. The number of imidazole rings is 1. The number of aromatic nitrogens is 5. The molecule has 0 radical (unpaired) electrons. The second kappa shape index (κ2) is 3.87. The highest BCUT2D eigenvalue weighted by Gasteiger charge is 2.12. The van der Waals surface area contributed by atoms with Crippen molar-refractivity contribution in [1.82, 2.24) is 24.7 Å². The van der Waals surface area contributed by atoms with E-state index in [-0.39, 0.29) is 0 Å². The van der Waals surface area contributed by atoms with Gasteiger partial charge in [0, 0.05) is 0 Å². The Morgan fingerprint density at radius 2 is 1.67 bits per heavy atom. The third-order valence-electron chi connectivity index (χ3n) is 3.01. The molecule has 5 nitrogen and oxygen atoms in total. The summed E-state index contributed by atoms with van der Waals surface area (Å²) in [5.41, 5.74) is 3.68. The predicted octanol–water partition coefficient (Wildman–Crippen LogP) is 2.14. The number of hydrogen-bond donors (Lipinski definition) is 0. The Labute approximate surface area is 105 Å². The maximum absolute atomic E-state index is 4.50. The van der Waals surface area contributed by atoms with E-state index in [1.54, 1.807) is 0 Å². The van der Waals surface area contributed by atoms with Gasteiger partial charge in [0.25, 0.3) is 5.95 Å². The molecule has 0 aliphatic carbocycles. The molecule has 3 rings (SSSR count). The molecule has 0 unspecified atom stereocenters. The Kier molecular flexibility index (Phi) is 2.33. The minimum absolute atomic E-state index is 0.573. The van der Waals surface area contributed by atoms with Gasteiger partial charge in [0.05, 0.1) is 22.4 Å². The summed E-state index contributed by atoms with van der Waals surface area (Å²) in [7, 11) is 0. The quantitative estimate of drug-likeness (QED) is 0.652. The van der Waals surface area contributed by atoms with Gasteiger partial charge in [0.2, 0.25) is 0 Å². The summed E-state index contributed by atoms with van der Waals surface area (Å²) in [6, 6.07) is 7.94. The first-order chi connectivity index (χ1) is 8.66. The van der Waals surface area contributed by atoms with Crippen LogP contribution in [0.5, 0.6) is 0 Å². The Bertz CT molecular complexity index is 729. The Balaban J connectivity index is 2.30. The van der Waals surface area contributed by atoms with Crippen molar-refractivity contribution in [2.75, 3.05) is 0 Å². The van der Waals surface area contributed by atoms with Crippen LogP contribution in [0.2, 0.25) is 0 Å². The van der Waals surface area contributed by atoms with Gasteiger partial charge in [-0.3, -0.25) is 4.57 Å². The van der Waals surface area contributed by atoms with Crippen molar-refractivity contribution in [3.05, 3.63) is 41.5 Å². The van der Waals surface area contributed by atoms with Crippen LogP contribution >= 0.6 is 0 Å². The summed E-state index contributed by atoms with van der Waals surface area (Å²) in [6.45, 7) is 5.78. The highest BCUT2D eigenvalue weighted by molar-refractivity contribution is 5.77. The van der Waals surface area contributed by atoms with Crippen LogP contribution in [-0.4, -0.2) is 24.7 Å². The van der Waals surface area contributed by atoms with Crippen LogP contribution in [-0.2, 0) is 0 Å². The number of hydrogen-bond acceptors (Lipinski definition) is 4. The molecule has 2 aromatic heterocycles. The molecule has 0 fully saturated rings. The molecule has 3 aromatic rings. The van der Waals surface area contributed by atoms with Crippen LogP contribution in [0.15, 0.2) is 24.3 Å². The van der Waals surface area contributed by atoms with Gasteiger partial charge in [-0.25, -0.2) is 9.97 Å². The summed E-state index contributed by atoms with van der Waals surface area (Å²) in [5, 5.41) is 8.28. The third kappa shape index (κ3) is 1.55. The zero-order chi connectivity index (χ0) is 12.7. The normalized spacial score (nSPS) is 11.1. The molecular formula is C13H13N5. The number of rotatable bonds is 1. The van der Waals surface area contributed by atoms with Crippen molar-refractivity contribution in [3.8, 4) is 5.95 Å². The lowest BCUT2D eigenvalue weighted by Crippen LogP contribution is -2.07. The number of fused-ring (bicyclic) bond motifs is 1. The largest absolute Gasteiger partial charge is 0.263 e. The second-order valence-electron chi connectivity index (χ2n) is 4.27. The number of nitrogens with zero attached hydrogens (tertiary/aromatic N) is 5. The number of benzene rings is 1. The van der Waals surface area contributed by atoms with E-state index in [0.29, 0.717) is 5.95 Å². The molecule has 0 atom stereocenters. The maximum Gasteiger partial charge on any atom is 0.255 e. The lowest BCUT2D eigenvalue weighted by Gasteiger charge is -2.05. The molecule has 2 heterocycles. The van der Waals surface area contributed by atoms with E-state index < -0.39 is 0 Å². The summed E-state index contributed by atoms with van der Waals surface area (Å²) >= 11 is 0. The van der Waals surface area contributed by atoms with Crippen molar-refractivity contribution in [2.24, 2.45) is 0 Å². The molecule has 5 heteroatoms. The van der Waals surface area contributed by atoms with Gasteiger partial charge in [-0.15, -0.1) is 5.10 Å². The fraction of sp³-hybridized carbons (Fsp3) is 0.231. The lowest BCUT2D eigenvalue weighted by atomic mass is 10.3. The summed E-state index contributed by atoms with van der Waals surface area (Å²) in [5.74, 6) is 1.44. The first kappa shape index (κ1) is 10.8. The van der Waals surface area contributed by atoms with Crippen LogP contribution < -0.4 is 0 Å². The zero-order valence-electron chi connectivity index (χ0n) is 10.5. The molecule has 18 heavy (non-hydrogen) atoms. The van der Waals surface area contributed by atoms with E-state index in [0.717, 1.165) is 28.2 Å². The van der Waals surface area contributed by atoms with Crippen molar-refractivity contribution in [3.63, 3.8) is 0 Å². The fourth-order valence-corrected chi connectivity index (χ4v) is 1.94. The number of aryl methyl sites for hydroxylation is 3. The van der Waals surface area contributed by atoms with Crippen LogP contribution in [0.4, 0.5) is 0 Å². The Hall–Kier alpha value is -2.30. The van der Waals surface area contributed by atoms with Gasteiger partial charge >= 0.3 is 0 Å². The highest BCUT2D eigenvalue weighted by atomic mass is 15.3. The topological polar surface area (TPSA) is 56.5 Å². The van der Waals surface area contributed by atoms with Crippen molar-refractivity contribution in [1.29, 1.82) is 0 Å². The molecule has 0 aliphatic heterocycles. The van der Waals surface area contributed by atoms with Crippen molar-refractivity contribution >= 4 is 11.0 Å². The monoisotopic (exact) mass is 239 g/mol. The molecule has 0 bridgehead atoms. The van der Waals surface area contributed by atoms with E-state index in [4.69, 9.17) is 0 Å². The van der Waals surface area contributed by atoms with Crippen LogP contribution in [0.25, 0.3) is 17.0 Å². The predicted molar refractivity (Wildman–Crippen MR) is 68.7 cm³/mol. The van der Waals surface area contributed by atoms with E-state index in [1.807, 2.05) is 49.6 Å². The molecule has 0 aliphatic rings. The smallest absolute Gasteiger partial charge is 0.255 e. The molecule has 0 saturated carbocycles. The molecule has 0 amide bonds. The van der Waals surface area contributed by atoms with Crippen LogP contribution in [0.3, 0.4) is 0 Å². The molecule has 0 spiro atoms. The second-order valence-corrected chi connectivity index (χ2v) is 4.27. The lowest BCUT2D eigenvalue weighted by molar-refractivity contribution is 0.809. The van der Waals surface area contributed by atoms with Crippen molar-refractivity contribution in [2.45, 2.75) is 20.8 Å². The van der Waals surface area contributed by atoms with Gasteiger partial charge in [-0.1, -0.05) is 12.1 Å². The van der Waals surface area contributed by atoms with Gasteiger partial charge in [-0.2, -0.15) is 5.10 Å². The minimum Gasteiger partial charge on any atom is -0.263 e. The van der Waals surface area contributed by atoms with E-state index >= 15 is 0 Å². The minimum atomic E-state index is 0.573. The highest BCUT2D eigenvalue weighted by Crippen LogP contribution is 2.18. The molecular weight excluding hydrogens is 226 g/mol. The van der Waals surface area contributed by atoms with E-state index in [9.17, 15) is 0 Å². The fourth-order valence-electron chi connectivity index (χ4n) is 1.94. The average molecular weight is 239 g/mol. The Morgan fingerprint density at radius 1 is 0.889 bits per heavy atom. The van der Waals surface area contributed by atoms with E-state index in [1.165, 1.54) is 0 Å². The zero-order valence-corrected chi connectivity index (χ0v) is 10.5. The van der Waals surface area contributed by atoms with Crippen LogP contribution in [0, 0.1) is 20.8 Å².